The Hall–Kier alpha value is -1.20. The molecule has 1 aromatic rings. The summed E-state index contributed by atoms with van der Waals surface area (Å²) in [5.41, 5.74) is 6.42. The maximum atomic E-state index is 9.44. The fraction of sp³-hybridized carbons (Fsp3) is 0.636. The number of aliphatic hydroxyl groups excluding tert-OH is 1. The summed E-state index contributed by atoms with van der Waals surface area (Å²) in [5, 5.41) is 12.5. The maximum absolute atomic E-state index is 9.44. The third-order valence-electron chi connectivity index (χ3n) is 2.28. The van der Waals surface area contributed by atoms with Crippen LogP contribution in [0.4, 0.5) is 5.82 Å². The molecule has 1 aromatic heterocycles. The topological polar surface area (TPSA) is 84.1 Å². The Morgan fingerprint density at radius 1 is 1.50 bits per heavy atom. The molecule has 4 N–H and O–H groups in total. The summed E-state index contributed by atoms with van der Waals surface area (Å²) in [5.74, 6) is 1.47. The molecule has 0 fully saturated rings. The van der Waals surface area contributed by atoms with E-state index in [0.717, 1.165) is 30.2 Å². The number of aliphatic hydroxyl groups is 1. The van der Waals surface area contributed by atoms with Crippen LogP contribution in [0.25, 0.3) is 0 Å². The van der Waals surface area contributed by atoms with E-state index < -0.39 is 0 Å². The quantitative estimate of drug-likeness (QED) is 0.654. The summed E-state index contributed by atoms with van der Waals surface area (Å²) in [6.45, 7) is 4.88. The summed E-state index contributed by atoms with van der Waals surface area (Å²) in [4.78, 5) is 8.53. The molecule has 5 heteroatoms. The van der Waals surface area contributed by atoms with Crippen LogP contribution in [-0.2, 0) is 6.42 Å². The SMILES string of the molecule is CCC(O)CNc1cc(CCN)nc(C)n1. The molecule has 0 aliphatic heterocycles. The molecular formula is C11H20N4O. The first kappa shape index (κ1) is 12.9. The highest BCUT2D eigenvalue weighted by Crippen LogP contribution is 2.07. The van der Waals surface area contributed by atoms with Crippen molar-refractivity contribution >= 4 is 5.82 Å². The molecule has 0 bridgehead atoms. The van der Waals surface area contributed by atoms with Crippen LogP contribution in [0.1, 0.15) is 24.9 Å². The fourth-order valence-electron chi connectivity index (χ4n) is 1.36. The zero-order chi connectivity index (χ0) is 12.0. The van der Waals surface area contributed by atoms with Gasteiger partial charge in [-0.15, -0.1) is 0 Å². The third kappa shape index (κ3) is 4.12. The lowest BCUT2D eigenvalue weighted by atomic mass is 10.2. The lowest BCUT2D eigenvalue weighted by Gasteiger charge is -2.11. The maximum Gasteiger partial charge on any atom is 0.130 e. The second kappa shape index (κ2) is 6.40. The summed E-state index contributed by atoms with van der Waals surface area (Å²) in [6, 6.07) is 1.88. The Kier molecular flexibility index (Phi) is 5.14. The van der Waals surface area contributed by atoms with Gasteiger partial charge in [-0.3, -0.25) is 0 Å². The fourth-order valence-corrected chi connectivity index (χ4v) is 1.36. The van der Waals surface area contributed by atoms with Gasteiger partial charge in [-0.2, -0.15) is 0 Å². The number of aromatic nitrogens is 2. The first-order valence-electron chi connectivity index (χ1n) is 5.62. The first-order chi connectivity index (χ1) is 7.65. The van der Waals surface area contributed by atoms with Crippen molar-refractivity contribution < 1.29 is 5.11 Å². The number of nitrogens with zero attached hydrogens (tertiary/aromatic N) is 2. The average molecular weight is 224 g/mol. The van der Waals surface area contributed by atoms with E-state index in [-0.39, 0.29) is 6.10 Å². The lowest BCUT2D eigenvalue weighted by Crippen LogP contribution is -2.19. The molecule has 1 rings (SSSR count). The number of rotatable bonds is 6. The van der Waals surface area contributed by atoms with Gasteiger partial charge in [0.15, 0.2) is 0 Å². The van der Waals surface area contributed by atoms with E-state index in [4.69, 9.17) is 5.73 Å². The van der Waals surface area contributed by atoms with Crippen molar-refractivity contribution in [2.75, 3.05) is 18.4 Å². The highest BCUT2D eigenvalue weighted by Gasteiger charge is 2.04. The van der Waals surface area contributed by atoms with Crippen LogP contribution in [0.2, 0.25) is 0 Å². The number of nitrogens with two attached hydrogens (primary N) is 1. The van der Waals surface area contributed by atoms with E-state index in [1.807, 2.05) is 19.9 Å². The molecule has 0 aliphatic carbocycles. The highest BCUT2D eigenvalue weighted by atomic mass is 16.3. The number of hydrogen-bond donors (Lipinski definition) is 3. The normalized spacial score (nSPS) is 12.5. The summed E-state index contributed by atoms with van der Waals surface area (Å²) >= 11 is 0. The lowest BCUT2D eigenvalue weighted by molar-refractivity contribution is 0.183. The Labute approximate surface area is 96.1 Å². The van der Waals surface area contributed by atoms with Crippen LogP contribution in [0.5, 0.6) is 0 Å². The Bertz CT molecular complexity index is 330. The van der Waals surface area contributed by atoms with E-state index in [1.165, 1.54) is 0 Å². The molecule has 1 atom stereocenters. The standard InChI is InChI=1S/C11H20N4O/c1-3-10(16)7-13-11-6-9(4-5-12)14-8(2)15-11/h6,10,16H,3-5,7,12H2,1-2H3,(H,13,14,15). The van der Waals surface area contributed by atoms with Gasteiger partial charge in [-0.25, -0.2) is 9.97 Å². The van der Waals surface area contributed by atoms with Gasteiger partial charge in [0.25, 0.3) is 0 Å². The molecule has 0 spiro atoms. The number of aryl methyl sites for hydroxylation is 1. The largest absolute Gasteiger partial charge is 0.391 e. The molecule has 16 heavy (non-hydrogen) atoms. The zero-order valence-corrected chi connectivity index (χ0v) is 9.90. The van der Waals surface area contributed by atoms with Crippen molar-refractivity contribution in [2.45, 2.75) is 32.8 Å². The molecule has 1 heterocycles. The van der Waals surface area contributed by atoms with Crippen LogP contribution in [-0.4, -0.2) is 34.3 Å². The van der Waals surface area contributed by atoms with Crippen LogP contribution in [0.3, 0.4) is 0 Å². The second-order valence-corrected chi connectivity index (χ2v) is 3.77. The highest BCUT2D eigenvalue weighted by molar-refractivity contribution is 5.36. The molecule has 1 unspecified atom stereocenters. The van der Waals surface area contributed by atoms with Gasteiger partial charge in [-0.05, 0) is 19.9 Å². The number of hydrogen-bond acceptors (Lipinski definition) is 5. The monoisotopic (exact) mass is 224 g/mol. The molecule has 0 saturated carbocycles. The van der Waals surface area contributed by atoms with Gasteiger partial charge in [0.1, 0.15) is 11.6 Å². The van der Waals surface area contributed by atoms with Gasteiger partial charge in [-0.1, -0.05) is 6.92 Å². The van der Waals surface area contributed by atoms with Crippen molar-refractivity contribution in [3.05, 3.63) is 17.6 Å². The smallest absolute Gasteiger partial charge is 0.130 e. The number of nitrogens with one attached hydrogen (secondary N) is 1. The number of anilines is 1. The molecule has 5 nitrogen and oxygen atoms in total. The van der Waals surface area contributed by atoms with Crippen molar-refractivity contribution in [1.82, 2.24) is 9.97 Å². The predicted molar refractivity (Wildman–Crippen MR) is 64.3 cm³/mol. The van der Waals surface area contributed by atoms with Gasteiger partial charge in [0.2, 0.25) is 0 Å². The third-order valence-corrected chi connectivity index (χ3v) is 2.28. The Morgan fingerprint density at radius 2 is 2.25 bits per heavy atom. The van der Waals surface area contributed by atoms with Gasteiger partial charge in [0, 0.05) is 24.7 Å². The van der Waals surface area contributed by atoms with Crippen molar-refractivity contribution in [3.8, 4) is 0 Å². The molecule has 0 saturated heterocycles. The second-order valence-electron chi connectivity index (χ2n) is 3.77. The first-order valence-corrected chi connectivity index (χ1v) is 5.62. The zero-order valence-electron chi connectivity index (χ0n) is 9.90. The van der Waals surface area contributed by atoms with Crippen LogP contribution in [0, 0.1) is 6.92 Å². The molecule has 0 aromatic carbocycles. The Morgan fingerprint density at radius 3 is 2.88 bits per heavy atom. The average Bonchev–Trinajstić information content (AvgIpc) is 2.25. The van der Waals surface area contributed by atoms with E-state index in [1.54, 1.807) is 0 Å². The predicted octanol–water partition coefficient (Wildman–Crippen LogP) is 0.469. The van der Waals surface area contributed by atoms with E-state index >= 15 is 0 Å². The Balaban J connectivity index is 2.64. The minimum absolute atomic E-state index is 0.340. The van der Waals surface area contributed by atoms with E-state index in [9.17, 15) is 5.11 Å². The van der Waals surface area contributed by atoms with E-state index in [2.05, 4.69) is 15.3 Å². The summed E-state index contributed by atoms with van der Waals surface area (Å²) in [6.07, 6.45) is 1.13. The molecule has 0 radical (unpaired) electrons. The molecule has 90 valence electrons. The van der Waals surface area contributed by atoms with Gasteiger partial charge in [0.05, 0.1) is 6.10 Å². The van der Waals surface area contributed by atoms with Crippen molar-refractivity contribution in [3.63, 3.8) is 0 Å². The van der Waals surface area contributed by atoms with Crippen LogP contribution >= 0.6 is 0 Å². The van der Waals surface area contributed by atoms with Crippen LogP contribution < -0.4 is 11.1 Å². The minimum Gasteiger partial charge on any atom is -0.391 e. The van der Waals surface area contributed by atoms with Crippen molar-refractivity contribution in [2.24, 2.45) is 5.73 Å². The van der Waals surface area contributed by atoms with E-state index in [0.29, 0.717) is 13.1 Å². The minimum atomic E-state index is -0.340. The molecular weight excluding hydrogens is 204 g/mol. The molecule has 0 amide bonds. The van der Waals surface area contributed by atoms with Crippen molar-refractivity contribution in [1.29, 1.82) is 0 Å². The summed E-state index contributed by atoms with van der Waals surface area (Å²) < 4.78 is 0. The molecule has 0 aliphatic rings. The van der Waals surface area contributed by atoms with Gasteiger partial charge < -0.3 is 16.2 Å². The van der Waals surface area contributed by atoms with Crippen LogP contribution in [0.15, 0.2) is 6.07 Å². The summed E-state index contributed by atoms with van der Waals surface area (Å²) in [7, 11) is 0. The van der Waals surface area contributed by atoms with Gasteiger partial charge >= 0.3 is 0 Å².